The maximum Gasteiger partial charge on any atom is 0.118 e. The number of nitrogens with one attached hydrogen (secondary N) is 1. The first-order valence-corrected chi connectivity index (χ1v) is 7.15. The number of hydrogen-bond acceptors (Lipinski definition) is 3. The fraction of sp³-hybridized carbons (Fsp3) is 0.438. The standard InChI is InChI=1S/C16H21N3O/c1-12-10-17-18-16(12)15-4-3-9-19(15)11-13-5-7-14(20-2)8-6-13/h5-8,10,15H,3-4,9,11H2,1-2H3,(H,17,18). The van der Waals surface area contributed by atoms with Crippen LogP contribution < -0.4 is 4.74 Å². The second kappa shape index (κ2) is 5.67. The Bertz CT molecular complexity index is 561. The molecule has 0 spiro atoms. The van der Waals surface area contributed by atoms with Crippen LogP contribution in [0.15, 0.2) is 30.5 Å². The first kappa shape index (κ1) is 13.2. The van der Waals surface area contributed by atoms with Gasteiger partial charge in [0.1, 0.15) is 5.75 Å². The number of benzene rings is 1. The molecular weight excluding hydrogens is 250 g/mol. The predicted molar refractivity (Wildman–Crippen MR) is 78.7 cm³/mol. The number of methoxy groups -OCH3 is 1. The summed E-state index contributed by atoms with van der Waals surface area (Å²) in [6.45, 7) is 4.25. The van der Waals surface area contributed by atoms with Crippen LogP contribution in [0, 0.1) is 6.92 Å². The summed E-state index contributed by atoms with van der Waals surface area (Å²) in [5.41, 5.74) is 3.86. The maximum absolute atomic E-state index is 5.21. The fourth-order valence-electron chi connectivity index (χ4n) is 3.00. The third kappa shape index (κ3) is 2.56. The number of nitrogens with zero attached hydrogens (tertiary/aromatic N) is 2. The topological polar surface area (TPSA) is 41.1 Å². The maximum atomic E-state index is 5.21. The van der Waals surface area contributed by atoms with E-state index in [0.29, 0.717) is 6.04 Å². The van der Waals surface area contributed by atoms with Gasteiger partial charge in [-0.3, -0.25) is 10.00 Å². The average molecular weight is 271 g/mol. The summed E-state index contributed by atoms with van der Waals surface area (Å²) in [5, 5.41) is 7.33. The molecule has 4 nitrogen and oxygen atoms in total. The molecule has 1 atom stereocenters. The van der Waals surface area contributed by atoms with Crippen molar-refractivity contribution in [3.63, 3.8) is 0 Å². The van der Waals surface area contributed by atoms with Crippen molar-refractivity contribution in [1.82, 2.24) is 15.1 Å². The van der Waals surface area contributed by atoms with Crippen molar-refractivity contribution in [3.05, 3.63) is 47.3 Å². The molecule has 1 unspecified atom stereocenters. The summed E-state index contributed by atoms with van der Waals surface area (Å²) in [5.74, 6) is 0.913. The van der Waals surface area contributed by atoms with Crippen LogP contribution >= 0.6 is 0 Å². The number of likely N-dealkylation sites (tertiary alicyclic amines) is 1. The van der Waals surface area contributed by atoms with E-state index in [-0.39, 0.29) is 0 Å². The summed E-state index contributed by atoms with van der Waals surface area (Å²) >= 11 is 0. The minimum absolute atomic E-state index is 0.472. The van der Waals surface area contributed by atoms with Gasteiger partial charge in [-0.1, -0.05) is 12.1 Å². The van der Waals surface area contributed by atoms with E-state index >= 15 is 0 Å². The molecule has 2 aromatic rings. The zero-order chi connectivity index (χ0) is 13.9. The van der Waals surface area contributed by atoms with E-state index in [4.69, 9.17) is 4.74 Å². The van der Waals surface area contributed by atoms with Crippen LogP contribution in [-0.2, 0) is 6.54 Å². The lowest BCUT2D eigenvalue weighted by molar-refractivity contribution is 0.243. The van der Waals surface area contributed by atoms with Gasteiger partial charge in [0.2, 0.25) is 0 Å². The monoisotopic (exact) mass is 271 g/mol. The SMILES string of the molecule is COc1ccc(CN2CCCC2c2[nH]ncc2C)cc1. The largest absolute Gasteiger partial charge is 0.497 e. The number of aryl methyl sites for hydroxylation is 1. The lowest BCUT2D eigenvalue weighted by Crippen LogP contribution is -2.23. The third-order valence-corrected chi connectivity index (χ3v) is 4.11. The van der Waals surface area contributed by atoms with Crippen molar-refractivity contribution in [3.8, 4) is 5.75 Å². The Balaban J connectivity index is 1.74. The fourth-order valence-corrected chi connectivity index (χ4v) is 3.00. The van der Waals surface area contributed by atoms with E-state index in [1.54, 1.807) is 7.11 Å². The minimum atomic E-state index is 0.472. The van der Waals surface area contributed by atoms with Crippen molar-refractivity contribution < 1.29 is 4.74 Å². The molecule has 0 amide bonds. The molecule has 1 aromatic heterocycles. The number of H-pyrrole nitrogens is 1. The van der Waals surface area contributed by atoms with E-state index in [2.05, 4.69) is 34.2 Å². The summed E-state index contributed by atoms with van der Waals surface area (Å²) in [6.07, 6.45) is 4.37. The molecule has 1 aliphatic heterocycles. The second-order valence-corrected chi connectivity index (χ2v) is 5.44. The first-order chi connectivity index (χ1) is 9.78. The summed E-state index contributed by atoms with van der Waals surface area (Å²) < 4.78 is 5.21. The van der Waals surface area contributed by atoms with Crippen LogP contribution in [0.1, 0.15) is 35.7 Å². The van der Waals surface area contributed by atoms with Crippen LogP contribution in [0.5, 0.6) is 5.75 Å². The van der Waals surface area contributed by atoms with Gasteiger partial charge in [0.15, 0.2) is 0 Å². The zero-order valence-corrected chi connectivity index (χ0v) is 12.1. The molecule has 1 fully saturated rings. The Morgan fingerprint density at radius 2 is 2.15 bits per heavy atom. The van der Waals surface area contributed by atoms with E-state index in [0.717, 1.165) is 18.8 Å². The van der Waals surface area contributed by atoms with E-state index in [9.17, 15) is 0 Å². The summed E-state index contributed by atoms with van der Waals surface area (Å²) in [6, 6.07) is 8.82. The van der Waals surface area contributed by atoms with Crippen LogP contribution in [0.25, 0.3) is 0 Å². The van der Waals surface area contributed by atoms with E-state index in [1.807, 2.05) is 18.3 Å². The lowest BCUT2D eigenvalue weighted by Gasteiger charge is -2.24. The first-order valence-electron chi connectivity index (χ1n) is 7.15. The number of aromatic amines is 1. The second-order valence-electron chi connectivity index (χ2n) is 5.44. The third-order valence-electron chi connectivity index (χ3n) is 4.11. The van der Waals surface area contributed by atoms with Crippen LogP contribution in [0.4, 0.5) is 0 Å². The van der Waals surface area contributed by atoms with Crippen LogP contribution in [-0.4, -0.2) is 28.8 Å². The molecule has 2 heterocycles. The van der Waals surface area contributed by atoms with Crippen LogP contribution in [0.3, 0.4) is 0 Å². The zero-order valence-electron chi connectivity index (χ0n) is 12.1. The lowest BCUT2D eigenvalue weighted by atomic mass is 10.1. The Kier molecular flexibility index (Phi) is 3.74. The van der Waals surface area contributed by atoms with Gasteiger partial charge in [0, 0.05) is 6.54 Å². The van der Waals surface area contributed by atoms with Gasteiger partial charge >= 0.3 is 0 Å². The molecule has 0 aliphatic carbocycles. The highest BCUT2D eigenvalue weighted by Gasteiger charge is 2.28. The Hall–Kier alpha value is -1.81. The van der Waals surface area contributed by atoms with Gasteiger partial charge in [-0.25, -0.2) is 0 Å². The Morgan fingerprint density at radius 1 is 1.35 bits per heavy atom. The minimum Gasteiger partial charge on any atom is -0.497 e. The molecule has 0 bridgehead atoms. The van der Waals surface area contributed by atoms with Gasteiger partial charge in [0.05, 0.1) is 25.0 Å². The van der Waals surface area contributed by atoms with Gasteiger partial charge in [-0.05, 0) is 49.6 Å². The highest BCUT2D eigenvalue weighted by atomic mass is 16.5. The van der Waals surface area contributed by atoms with Crippen molar-refractivity contribution in [1.29, 1.82) is 0 Å². The van der Waals surface area contributed by atoms with Crippen molar-refractivity contribution in [2.24, 2.45) is 0 Å². The van der Waals surface area contributed by atoms with Gasteiger partial charge in [0.25, 0.3) is 0 Å². The highest BCUT2D eigenvalue weighted by Crippen LogP contribution is 2.33. The average Bonchev–Trinajstić information content (AvgIpc) is 3.08. The molecule has 20 heavy (non-hydrogen) atoms. The highest BCUT2D eigenvalue weighted by molar-refractivity contribution is 5.27. The summed E-state index contributed by atoms with van der Waals surface area (Å²) in [7, 11) is 1.70. The molecule has 4 heteroatoms. The normalized spacial score (nSPS) is 19.4. The quantitative estimate of drug-likeness (QED) is 0.929. The molecule has 1 aromatic carbocycles. The number of rotatable bonds is 4. The molecule has 3 rings (SSSR count). The van der Waals surface area contributed by atoms with Crippen molar-refractivity contribution in [2.45, 2.75) is 32.4 Å². The molecule has 1 N–H and O–H groups in total. The molecule has 1 saturated heterocycles. The molecule has 106 valence electrons. The van der Waals surface area contributed by atoms with Gasteiger partial charge in [-0.15, -0.1) is 0 Å². The smallest absolute Gasteiger partial charge is 0.118 e. The van der Waals surface area contributed by atoms with Crippen molar-refractivity contribution in [2.75, 3.05) is 13.7 Å². The van der Waals surface area contributed by atoms with Gasteiger partial charge < -0.3 is 4.74 Å². The number of hydrogen-bond donors (Lipinski definition) is 1. The summed E-state index contributed by atoms with van der Waals surface area (Å²) in [4.78, 5) is 2.53. The molecule has 0 saturated carbocycles. The number of ether oxygens (including phenoxy) is 1. The molecular formula is C16H21N3O. The predicted octanol–water partition coefficient (Wildman–Crippen LogP) is 3.06. The molecule has 0 radical (unpaired) electrons. The molecule has 1 aliphatic rings. The van der Waals surface area contributed by atoms with Gasteiger partial charge in [-0.2, -0.15) is 5.10 Å². The number of aromatic nitrogens is 2. The van der Waals surface area contributed by atoms with E-state index < -0.39 is 0 Å². The van der Waals surface area contributed by atoms with Crippen LogP contribution in [0.2, 0.25) is 0 Å². The Morgan fingerprint density at radius 3 is 2.80 bits per heavy atom. The van der Waals surface area contributed by atoms with E-state index in [1.165, 1.54) is 29.7 Å². The van der Waals surface area contributed by atoms with Crippen molar-refractivity contribution >= 4 is 0 Å². The Labute approximate surface area is 119 Å².